The molecule has 0 radical (unpaired) electrons. The molecule has 0 spiro atoms. The SMILES string of the molecule is CCn1ccnc1C(O)CCOc1cccc(C)c1. The summed E-state index contributed by atoms with van der Waals surface area (Å²) in [4.78, 5) is 4.18. The van der Waals surface area contributed by atoms with Gasteiger partial charge in [0.25, 0.3) is 0 Å². The fourth-order valence-corrected chi connectivity index (χ4v) is 2.01. The standard InChI is InChI=1S/C15H20N2O2/c1-3-17-9-8-16-15(17)14(18)7-10-19-13-6-4-5-12(2)11-13/h4-6,8-9,11,14,18H,3,7,10H2,1-2H3. The molecule has 1 aromatic carbocycles. The van der Waals surface area contributed by atoms with E-state index in [1.165, 1.54) is 5.56 Å². The normalized spacial score (nSPS) is 12.4. The van der Waals surface area contributed by atoms with Gasteiger partial charge in [0, 0.05) is 25.4 Å². The molecular weight excluding hydrogens is 240 g/mol. The van der Waals surface area contributed by atoms with Crippen LogP contribution in [0.5, 0.6) is 5.75 Å². The third kappa shape index (κ3) is 3.58. The lowest BCUT2D eigenvalue weighted by Gasteiger charge is -2.13. The van der Waals surface area contributed by atoms with Gasteiger partial charge in [-0.05, 0) is 31.5 Å². The number of hydrogen-bond donors (Lipinski definition) is 1. The minimum Gasteiger partial charge on any atom is -0.493 e. The van der Waals surface area contributed by atoms with Crippen LogP contribution in [-0.4, -0.2) is 21.3 Å². The number of aromatic nitrogens is 2. The van der Waals surface area contributed by atoms with E-state index in [0.29, 0.717) is 18.9 Å². The van der Waals surface area contributed by atoms with E-state index in [2.05, 4.69) is 4.98 Å². The second kappa shape index (κ2) is 6.38. The Morgan fingerprint density at radius 3 is 3.00 bits per heavy atom. The van der Waals surface area contributed by atoms with Crippen LogP contribution < -0.4 is 4.74 Å². The fraction of sp³-hybridized carbons (Fsp3) is 0.400. The summed E-state index contributed by atoms with van der Waals surface area (Å²) in [5.41, 5.74) is 1.17. The van der Waals surface area contributed by atoms with Crippen LogP contribution in [0.25, 0.3) is 0 Å². The molecule has 0 fully saturated rings. The predicted octanol–water partition coefficient (Wildman–Crippen LogP) is 2.71. The number of benzene rings is 1. The van der Waals surface area contributed by atoms with Crippen molar-refractivity contribution >= 4 is 0 Å². The summed E-state index contributed by atoms with van der Waals surface area (Å²) in [6.07, 6.45) is 3.54. The third-order valence-electron chi connectivity index (χ3n) is 3.04. The first-order valence-electron chi connectivity index (χ1n) is 6.59. The van der Waals surface area contributed by atoms with Crippen molar-refractivity contribution in [1.82, 2.24) is 9.55 Å². The molecule has 1 aromatic heterocycles. The molecule has 0 aliphatic carbocycles. The molecule has 2 rings (SSSR count). The van der Waals surface area contributed by atoms with Gasteiger partial charge in [0.05, 0.1) is 6.61 Å². The van der Waals surface area contributed by atoms with Crippen LogP contribution in [0.15, 0.2) is 36.7 Å². The van der Waals surface area contributed by atoms with Crippen molar-refractivity contribution in [3.63, 3.8) is 0 Å². The van der Waals surface area contributed by atoms with Gasteiger partial charge in [0.1, 0.15) is 17.7 Å². The highest BCUT2D eigenvalue weighted by molar-refractivity contribution is 5.27. The molecule has 0 amide bonds. The number of imidazole rings is 1. The number of aryl methyl sites for hydroxylation is 2. The van der Waals surface area contributed by atoms with E-state index in [9.17, 15) is 5.11 Å². The number of rotatable bonds is 6. The Labute approximate surface area is 113 Å². The molecular formula is C15H20N2O2. The summed E-state index contributed by atoms with van der Waals surface area (Å²) in [5.74, 6) is 1.54. The zero-order valence-corrected chi connectivity index (χ0v) is 11.4. The van der Waals surface area contributed by atoms with Gasteiger partial charge in [0.15, 0.2) is 0 Å². The summed E-state index contributed by atoms with van der Waals surface area (Å²) in [6, 6.07) is 7.90. The maximum Gasteiger partial charge on any atom is 0.137 e. The van der Waals surface area contributed by atoms with Gasteiger partial charge in [-0.3, -0.25) is 0 Å². The van der Waals surface area contributed by atoms with E-state index in [1.54, 1.807) is 6.20 Å². The van der Waals surface area contributed by atoms with Crippen molar-refractivity contribution in [2.45, 2.75) is 32.9 Å². The fourth-order valence-electron chi connectivity index (χ4n) is 2.01. The van der Waals surface area contributed by atoms with Crippen LogP contribution in [0, 0.1) is 6.92 Å². The lowest BCUT2D eigenvalue weighted by molar-refractivity contribution is 0.129. The van der Waals surface area contributed by atoms with Gasteiger partial charge in [-0.1, -0.05) is 12.1 Å². The quantitative estimate of drug-likeness (QED) is 0.868. The van der Waals surface area contributed by atoms with E-state index < -0.39 is 6.10 Å². The Morgan fingerprint density at radius 1 is 1.42 bits per heavy atom. The first kappa shape index (κ1) is 13.6. The van der Waals surface area contributed by atoms with Crippen molar-refractivity contribution in [3.8, 4) is 5.75 Å². The Balaban J connectivity index is 1.86. The van der Waals surface area contributed by atoms with E-state index in [4.69, 9.17) is 4.74 Å². The molecule has 2 aromatic rings. The molecule has 0 saturated carbocycles. The Hall–Kier alpha value is -1.81. The monoisotopic (exact) mass is 260 g/mol. The van der Waals surface area contributed by atoms with E-state index in [1.807, 2.05) is 48.9 Å². The Kier molecular flexibility index (Phi) is 4.58. The lowest BCUT2D eigenvalue weighted by Crippen LogP contribution is -2.11. The number of aliphatic hydroxyl groups excluding tert-OH is 1. The summed E-state index contributed by atoms with van der Waals surface area (Å²) in [5, 5.41) is 10.1. The molecule has 1 unspecified atom stereocenters. The molecule has 1 atom stereocenters. The zero-order chi connectivity index (χ0) is 13.7. The average molecular weight is 260 g/mol. The Bertz CT molecular complexity index is 522. The first-order chi connectivity index (χ1) is 9.20. The zero-order valence-electron chi connectivity index (χ0n) is 11.4. The maximum absolute atomic E-state index is 10.1. The van der Waals surface area contributed by atoms with Crippen molar-refractivity contribution in [1.29, 1.82) is 0 Å². The van der Waals surface area contributed by atoms with Gasteiger partial charge < -0.3 is 14.4 Å². The first-order valence-corrected chi connectivity index (χ1v) is 6.59. The van der Waals surface area contributed by atoms with Gasteiger partial charge in [-0.25, -0.2) is 4.98 Å². The van der Waals surface area contributed by atoms with Crippen LogP contribution in [0.3, 0.4) is 0 Å². The van der Waals surface area contributed by atoms with Gasteiger partial charge in [-0.2, -0.15) is 0 Å². The second-order valence-electron chi connectivity index (χ2n) is 4.54. The highest BCUT2D eigenvalue weighted by Gasteiger charge is 2.13. The molecule has 19 heavy (non-hydrogen) atoms. The van der Waals surface area contributed by atoms with Crippen LogP contribution in [0.2, 0.25) is 0 Å². The minimum atomic E-state index is -0.584. The second-order valence-corrected chi connectivity index (χ2v) is 4.54. The average Bonchev–Trinajstić information content (AvgIpc) is 2.87. The molecule has 1 heterocycles. The lowest BCUT2D eigenvalue weighted by atomic mass is 10.2. The molecule has 4 heteroatoms. The van der Waals surface area contributed by atoms with Crippen molar-refractivity contribution in [2.24, 2.45) is 0 Å². The van der Waals surface area contributed by atoms with Crippen LogP contribution in [0.4, 0.5) is 0 Å². The molecule has 1 N–H and O–H groups in total. The van der Waals surface area contributed by atoms with Gasteiger partial charge >= 0.3 is 0 Å². The van der Waals surface area contributed by atoms with E-state index in [-0.39, 0.29) is 0 Å². The van der Waals surface area contributed by atoms with Crippen molar-refractivity contribution < 1.29 is 9.84 Å². The van der Waals surface area contributed by atoms with Crippen molar-refractivity contribution in [3.05, 3.63) is 48.0 Å². The summed E-state index contributed by atoms with van der Waals surface area (Å²) in [6.45, 7) is 5.34. The van der Waals surface area contributed by atoms with Crippen LogP contribution >= 0.6 is 0 Å². The largest absolute Gasteiger partial charge is 0.493 e. The smallest absolute Gasteiger partial charge is 0.137 e. The molecule has 0 aliphatic heterocycles. The van der Waals surface area contributed by atoms with Gasteiger partial charge in [0.2, 0.25) is 0 Å². The summed E-state index contributed by atoms with van der Waals surface area (Å²) < 4.78 is 7.57. The van der Waals surface area contributed by atoms with Crippen LogP contribution in [0.1, 0.15) is 30.8 Å². The third-order valence-corrected chi connectivity index (χ3v) is 3.04. The number of nitrogens with zero attached hydrogens (tertiary/aromatic N) is 2. The number of hydrogen-bond acceptors (Lipinski definition) is 3. The topological polar surface area (TPSA) is 47.3 Å². The predicted molar refractivity (Wildman–Crippen MR) is 74.2 cm³/mol. The molecule has 0 aliphatic rings. The van der Waals surface area contributed by atoms with E-state index >= 15 is 0 Å². The Morgan fingerprint density at radius 2 is 2.26 bits per heavy atom. The molecule has 0 bridgehead atoms. The van der Waals surface area contributed by atoms with Crippen LogP contribution in [-0.2, 0) is 6.54 Å². The highest BCUT2D eigenvalue weighted by atomic mass is 16.5. The van der Waals surface area contributed by atoms with E-state index in [0.717, 1.165) is 12.3 Å². The highest BCUT2D eigenvalue weighted by Crippen LogP contribution is 2.17. The maximum atomic E-state index is 10.1. The molecule has 4 nitrogen and oxygen atoms in total. The number of ether oxygens (including phenoxy) is 1. The summed E-state index contributed by atoms with van der Waals surface area (Å²) >= 11 is 0. The molecule has 102 valence electrons. The summed E-state index contributed by atoms with van der Waals surface area (Å²) in [7, 11) is 0. The molecule has 0 saturated heterocycles. The number of aliphatic hydroxyl groups is 1. The van der Waals surface area contributed by atoms with Crippen molar-refractivity contribution in [2.75, 3.05) is 6.61 Å². The van der Waals surface area contributed by atoms with Gasteiger partial charge in [-0.15, -0.1) is 0 Å². The minimum absolute atomic E-state index is 0.473.